The lowest BCUT2D eigenvalue weighted by Gasteiger charge is -1.99. The van der Waals surface area contributed by atoms with Gasteiger partial charge in [0, 0.05) is 59.1 Å². The Labute approximate surface area is 263 Å². The van der Waals surface area contributed by atoms with Crippen molar-refractivity contribution in [3.8, 4) is 0 Å². The molecule has 40 heavy (non-hydrogen) atoms. The third-order valence-electron chi connectivity index (χ3n) is 4.96. The van der Waals surface area contributed by atoms with E-state index in [1.165, 1.54) is 24.5 Å². The van der Waals surface area contributed by atoms with Gasteiger partial charge in [0.2, 0.25) is 0 Å². The number of rotatable bonds is 3. The molecule has 0 aliphatic heterocycles. The number of hydrogen-bond acceptors (Lipinski definition) is 6. The molecule has 0 aromatic carbocycles. The van der Waals surface area contributed by atoms with E-state index in [2.05, 4.69) is 29.9 Å². The second kappa shape index (κ2) is 16.7. The minimum Gasteiger partial charge on any atom is -0.346 e. The molecule has 0 aliphatic carbocycles. The standard InChI is InChI=1S/C13H8ClN3O.C7H6N2.C6H3Cl2NO.2CH4.HI/c14-11-4-3-8(6-16-11)12(18)10-7-17-13-9(10)2-1-5-15-13;1-2-6-3-5-9-7(6)8-4-1;7-5-2-1-4(3-9-5)6(8)10;;;/h1-7H,(H,15,17);1-5H,(H,8,9);1-3H;2*1H4;1H. The largest absolute Gasteiger partial charge is 0.346 e. The smallest absolute Gasteiger partial charge is 0.253 e. The minimum atomic E-state index is -0.524. The fraction of sp³-hybridized carbons (Fsp3) is 0.0714. The molecular formula is C28H26Cl3IN6O2. The van der Waals surface area contributed by atoms with Crippen molar-refractivity contribution in [2.24, 2.45) is 0 Å². The minimum absolute atomic E-state index is 0. The van der Waals surface area contributed by atoms with Gasteiger partial charge < -0.3 is 9.97 Å². The number of carbonyl (C=O) groups excluding carboxylic acids is 2. The highest BCUT2D eigenvalue weighted by Gasteiger charge is 2.14. The van der Waals surface area contributed by atoms with Crippen LogP contribution < -0.4 is 0 Å². The molecule has 0 amide bonds. The molecule has 6 heterocycles. The van der Waals surface area contributed by atoms with Gasteiger partial charge in [-0.1, -0.05) is 38.1 Å². The van der Waals surface area contributed by atoms with Gasteiger partial charge in [-0.3, -0.25) is 9.59 Å². The summed E-state index contributed by atoms with van der Waals surface area (Å²) in [7, 11) is 0. The Kier molecular flexibility index (Phi) is 14.4. The van der Waals surface area contributed by atoms with E-state index in [1.807, 2.05) is 30.5 Å². The van der Waals surface area contributed by atoms with Crippen LogP contribution in [-0.2, 0) is 0 Å². The summed E-state index contributed by atoms with van der Waals surface area (Å²) < 4.78 is 0. The molecule has 0 saturated heterocycles. The molecule has 6 aromatic heterocycles. The van der Waals surface area contributed by atoms with E-state index < -0.39 is 5.24 Å². The zero-order chi connectivity index (χ0) is 26.2. The van der Waals surface area contributed by atoms with E-state index in [0.717, 1.165) is 16.4 Å². The Hall–Kier alpha value is -3.38. The number of aromatic nitrogens is 6. The predicted octanol–water partition coefficient (Wildman–Crippen LogP) is 8.41. The first-order chi connectivity index (χ1) is 17.9. The summed E-state index contributed by atoms with van der Waals surface area (Å²) in [5.41, 5.74) is 3.10. The molecule has 0 atom stereocenters. The summed E-state index contributed by atoms with van der Waals surface area (Å²) in [5.74, 6) is -0.0987. The molecule has 0 unspecified atom stereocenters. The fourth-order valence-corrected chi connectivity index (χ4v) is 3.52. The third-order valence-corrected chi connectivity index (χ3v) is 5.63. The van der Waals surface area contributed by atoms with Crippen LogP contribution in [0.3, 0.4) is 0 Å². The van der Waals surface area contributed by atoms with E-state index in [1.54, 1.807) is 36.8 Å². The van der Waals surface area contributed by atoms with Gasteiger partial charge in [-0.05, 0) is 66.2 Å². The van der Waals surface area contributed by atoms with Crippen molar-refractivity contribution >= 4 is 91.9 Å². The van der Waals surface area contributed by atoms with Gasteiger partial charge in [-0.15, -0.1) is 24.0 Å². The van der Waals surface area contributed by atoms with Gasteiger partial charge in [0.05, 0.1) is 5.56 Å². The number of fused-ring (bicyclic) bond motifs is 2. The van der Waals surface area contributed by atoms with Crippen LogP contribution in [0.1, 0.15) is 41.1 Å². The molecule has 0 saturated carbocycles. The second-order valence-electron chi connectivity index (χ2n) is 7.36. The van der Waals surface area contributed by atoms with Gasteiger partial charge in [-0.2, -0.15) is 0 Å². The molecule has 12 heteroatoms. The second-order valence-corrected chi connectivity index (χ2v) is 8.48. The van der Waals surface area contributed by atoms with Gasteiger partial charge in [0.25, 0.3) is 5.24 Å². The molecule has 0 spiro atoms. The molecule has 6 rings (SSSR count). The lowest BCUT2D eigenvalue weighted by atomic mass is 10.1. The molecule has 0 radical (unpaired) electrons. The predicted molar refractivity (Wildman–Crippen MR) is 173 cm³/mol. The normalized spacial score (nSPS) is 9.47. The number of H-pyrrole nitrogens is 2. The van der Waals surface area contributed by atoms with Crippen molar-refractivity contribution in [1.29, 1.82) is 0 Å². The highest BCUT2D eigenvalue weighted by Crippen LogP contribution is 2.19. The van der Waals surface area contributed by atoms with Crippen LogP contribution in [0.25, 0.3) is 22.1 Å². The Balaban J connectivity index is 0.000000313. The highest BCUT2D eigenvalue weighted by molar-refractivity contribution is 14.0. The number of ketones is 1. The van der Waals surface area contributed by atoms with Crippen LogP contribution in [0.2, 0.25) is 10.3 Å². The molecule has 0 aliphatic rings. The number of nitrogens with zero attached hydrogens (tertiary/aromatic N) is 4. The van der Waals surface area contributed by atoms with E-state index in [9.17, 15) is 9.59 Å². The van der Waals surface area contributed by atoms with E-state index >= 15 is 0 Å². The topological polar surface area (TPSA) is 117 Å². The summed E-state index contributed by atoms with van der Waals surface area (Å²) in [5, 5.41) is 2.16. The summed E-state index contributed by atoms with van der Waals surface area (Å²) in [4.78, 5) is 44.5. The SMILES string of the molecule is C.C.I.O=C(Cl)c1ccc(Cl)nc1.O=C(c1ccc(Cl)nc1)c1c[nH]c2ncccc12.c1cnc2[nH]ccc2c1. The maximum atomic E-state index is 12.3. The molecule has 0 fully saturated rings. The lowest BCUT2D eigenvalue weighted by Crippen LogP contribution is -2.00. The number of aromatic amines is 2. The van der Waals surface area contributed by atoms with Gasteiger partial charge in [-0.25, -0.2) is 19.9 Å². The fourth-order valence-electron chi connectivity index (χ4n) is 3.18. The Morgan fingerprint density at radius 1 is 0.700 bits per heavy atom. The summed E-state index contributed by atoms with van der Waals surface area (Å²) in [6, 6.07) is 15.9. The van der Waals surface area contributed by atoms with Crippen molar-refractivity contribution < 1.29 is 9.59 Å². The number of nitrogens with one attached hydrogen (secondary N) is 2. The van der Waals surface area contributed by atoms with Crippen LogP contribution in [0.5, 0.6) is 0 Å². The third kappa shape index (κ3) is 9.09. The summed E-state index contributed by atoms with van der Waals surface area (Å²) in [6.07, 6.45) is 9.81. The molecule has 0 bridgehead atoms. The number of carbonyl (C=O) groups is 2. The first-order valence-corrected chi connectivity index (χ1v) is 11.8. The monoisotopic (exact) mass is 710 g/mol. The van der Waals surface area contributed by atoms with Crippen molar-refractivity contribution in [2.75, 3.05) is 0 Å². The van der Waals surface area contributed by atoms with Gasteiger partial charge in [0.15, 0.2) is 5.78 Å². The van der Waals surface area contributed by atoms with Gasteiger partial charge in [0.1, 0.15) is 21.6 Å². The first-order valence-electron chi connectivity index (χ1n) is 10.7. The molecular weight excluding hydrogens is 686 g/mol. The van der Waals surface area contributed by atoms with Gasteiger partial charge >= 0.3 is 0 Å². The molecule has 2 N–H and O–H groups in total. The highest BCUT2D eigenvalue weighted by atomic mass is 127. The van der Waals surface area contributed by atoms with Crippen LogP contribution in [0.4, 0.5) is 0 Å². The summed E-state index contributed by atoms with van der Waals surface area (Å²) >= 11 is 16.3. The first kappa shape index (κ1) is 34.6. The average molecular weight is 712 g/mol. The molecule has 208 valence electrons. The zero-order valence-corrected chi connectivity index (χ0v) is 23.9. The average Bonchev–Trinajstić information content (AvgIpc) is 3.57. The van der Waals surface area contributed by atoms with E-state index in [0.29, 0.717) is 32.6 Å². The van der Waals surface area contributed by atoms with Crippen molar-refractivity contribution in [2.45, 2.75) is 14.9 Å². The molecule has 8 nitrogen and oxygen atoms in total. The lowest BCUT2D eigenvalue weighted by molar-refractivity contribution is 0.103. The number of halogens is 4. The maximum Gasteiger partial charge on any atom is 0.253 e. The Morgan fingerprint density at radius 2 is 1.30 bits per heavy atom. The van der Waals surface area contributed by atoms with E-state index in [4.69, 9.17) is 34.8 Å². The van der Waals surface area contributed by atoms with Crippen LogP contribution in [-0.4, -0.2) is 40.9 Å². The molecule has 6 aromatic rings. The quantitative estimate of drug-likeness (QED) is 0.0824. The van der Waals surface area contributed by atoms with Crippen molar-refractivity contribution in [1.82, 2.24) is 29.9 Å². The zero-order valence-electron chi connectivity index (χ0n) is 19.3. The van der Waals surface area contributed by atoms with Crippen molar-refractivity contribution in [3.05, 3.63) is 119 Å². The Morgan fingerprint density at radius 3 is 1.88 bits per heavy atom. The summed E-state index contributed by atoms with van der Waals surface area (Å²) in [6.45, 7) is 0. The van der Waals surface area contributed by atoms with Crippen LogP contribution >= 0.6 is 58.8 Å². The van der Waals surface area contributed by atoms with Crippen LogP contribution in [0, 0.1) is 0 Å². The Bertz CT molecular complexity index is 1620. The van der Waals surface area contributed by atoms with Crippen LogP contribution in [0.15, 0.2) is 91.8 Å². The van der Waals surface area contributed by atoms with Crippen molar-refractivity contribution in [3.63, 3.8) is 0 Å². The number of hydrogen-bond donors (Lipinski definition) is 2. The maximum absolute atomic E-state index is 12.3. The number of pyridine rings is 4. The van der Waals surface area contributed by atoms with E-state index in [-0.39, 0.29) is 44.6 Å².